The summed E-state index contributed by atoms with van der Waals surface area (Å²) in [7, 11) is 0. The smallest absolute Gasteiger partial charge is 0.422 e. The summed E-state index contributed by atoms with van der Waals surface area (Å²) in [6.07, 6.45) is -3.08. The largest absolute Gasteiger partial charge is 0.484 e. The minimum atomic E-state index is -4.40. The zero-order chi connectivity index (χ0) is 16.9. The molecule has 2 N–H and O–H groups in total. The lowest BCUT2D eigenvalue weighted by atomic mass is 10.2. The van der Waals surface area contributed by atoms with Crippen molar-refractivity contribution in [2.45, 2.75) is 12.8 Å². The summed E-state index contributed by atoms with van der Waals surface area (Å²) in [5, 5.41) is 11.5. The standard InChI is InChI=1S/C15H13F3N2O3/c16-15(17,18)9-23-13-5-3-11(4-6-13)20-14(22)10-1-2-12(8-21)19-7-10/h1-7,21H,8-9H2,(H,20,22). The van der Waals surface area contributed by atoms with Crippen molar-refractivity contribution in [2.24, 2.45) is 0 Å². The van der Waals surface area contributed by atoms with Gasteiger partial charge in [-0.25, -0.2) is 0 Å². The number of rotatable bonds is 5. The van der Waals surface area contributed by atoms with Gasteiger partial charge in [0.05, 0.1) is 17.9 Å². The summed E-state index contributed by atoms with van der Waals surface area (Å²) in [5.41, 5.74) is 1.13. The van der Waals surface area contributed by atoms with Crippen LogP contribution >= 0.6 is 0 Å². The van der Waals surface area contributed by atoms with Gasteiger partial charge in [0.2, 0.25) is 0 Å². The highest BCUT2D eigenvalue weighted by molar-refractivity contribution is 6.04. The minimum absolute atomic E-state index is 0.0503. The summed E-state index contributed by atoms with van der Waals surface area (Å²) < 4.78 is 40.7. The highest BCUT2D eigenvalue weighted by Gasteiger charge is 2.28. The number of aromatic nitrogens is 1. The number of pyridine rings is 1. The van der Waals surface area contributed by atoms with Crippen molar-refractivity contribution in [1.29, 1.82) is 0 Å². The van der Waals surface area contributed by atoms with E-state index < -0.39 is 18.7 Å². The SMILES string of the molecule is O=C(Nc1ccc(OCC(F)(F)F)cc1)c1ccc(CO)nc1. The molecular weight excluding hydrogens is 313 g/mol. The summed E-state index contributed by atoms with van der Waals surface area (Å²) >= 11 is 0. The van der Waals surface area contributed by atoms with E-state index in [2.05, 4.69) is 15.0 Å². The van der Waals surface area contributed by atoms with Crippen LogP contribution < -0.4 is 10.1 Å². The van der Waals surface area contributed by atoms with E-state index in [-0.39, 0.29) is 12.4 Å². The van der Waals surface area contributed by atoms with Gasteiger partial charge in [0.1, 0.15) is 5.75 Å². The van der Waals surface area contributed by atoms with Gasteiger partial charge >= 0.3 is 6.18 Å². The van der Waals surface area contributed by atoms with Crippen molar-refractivity contribution in [2.75, 3.05) is 11.9 Å². The molecule has 1 heterocycles. The van der Waals surface area contributed by atoms with E-state index in [1.54, 1.807) is 0 Å². The van der Waals surface area contributed by atoms with Gasteiger partial charge in [-0.3, -0.25) is 9.78 Å². The van der Waals surface area contributed by atoms with Crippen LogP contribution in [0.5, 0.6) is 5.75 Å². The zero-order valence-corrected chi connectivity index (χ0v) is 11.8. The molecule has 0 unspecified atom stereocenters. The molecule has 0 radical (unpaired) electrons. The number of anilines is 1. The molecule has 0 fully saturated rings. The van der Waals surface area contributed by atoms with Gasteiger partial charge < -0.3 is 15.2 Å². The van der Waals surface area contributed by atoms with Crippen LogP contribution in [0, 0.1) is 0 Å². The fraction of sp³-hybridized carbons (Fsp3) is 0.200. The normalized spacial score (nSPS) is 11.1. The predicted molar refractivity (Wildman–Crippen MR) is 76.1 cm³/mol. The van der Waals surface area contributed by atoms with E-state index in [1.807, 2.05) is 0 Å². The van der Waals surface area contributed by atoms with Gasteiger partial charge in [-0.2, -0.15) is 13.2 Å². The Labute approximate surface area is 129 Å². The lowest BCUT2D eigenvalue weighted by Crippen LogP contribution is -2.19. The molecule has 0 atom stereocenters. The Balaban J connectivity index is 1.95. The Morgan fingerprint density at radius 1 is 1.17 bits per heavy atom. The van der Waals surface area contributed by atoms with Gasteiger partial charge in [-0.05, 0) is 36.4 Å². The number of hydrogen-bond donors (Lipinski definition) is 2. The second-order valence-corrected chi connectivity index (χ2v) is 4.58. The molecule has 0 aliphatic carbocycles. The van der Waals surface area contributed by atoms with Gasteiger partial charge in [0.15, 0.2) is 6.61 Å². The Morgan fingerprint density at radius 3 is 2.39 bits per heavy atom. The number of alkyl halides is 3. The van der Waals surface area contributed by atoms with Crippen molar-refractivity contribution < 1.29 is 27.8 Å². The molecule has 0 aliphatic rings. The third-order valence-electron chi connectivity index (χ3n) is 2.76. The van der Waals surface area contributed by atoms with Gasteiger partial charge in [0.25, 0.3) is 5.91 Å². The maximum atomic E-state index is 12.0. The van der Waals surface area contributed by atoms with Crippen LogP contribution in [-0.4, -0.2) is 28.8 Å². The van der Waals surface area contributed by atoms with E-state index in [9.17, 15) is 18.0 Å². The van der Waals surface area contributed by atoms with Crippen molar-refractivity contribution in [3.05, 3.63) is 53.9 Å². The number of aliphatic hydroxyl groups excluding tert-OH is 1. The zero-order valence-electron chi connectivity index (χ0n) is 11.8. The second kappa shape index (κ2) is 7.10. The summed E-state index contributed by atoms with van der Waals surface area (Å²) in [6.45, 7) is -1.59. The number of benzene rings is 1. The second-order valence-electron chi connectivity index (χ2n) is 4.58. The monoisotopic (exact) mass is 326 g/mol. The number of nitrogens with zero attached hydrogens (tertiary/aromatic N) is 1. The van der Waals surface area contributed by atoms with E-state index in [0.29, 0.717) is 16.9 Å². The quantitative estimate of drug-likeness (QED) is 0.886. The first kappa shape index (κ1) is 16.8. The number of halogens is 3. The Morgan fingerprint density at radius 2 is 1.87 bits per heavy atom. The molecule has 8 heteroatoms. The number of aliphatic hydroxyl groups is 1. The molecule has 1 aromatic heterocycles. The summed E-state index contributed by atoms with van der Waals surface area (Å²) in [5.74, 6) is -0.375. The number of amides is 1. The topological polar surface area (TPSA) is 71.5 Å². The molecule has 0 bridgehead atoms. The minimum Gasteiger partial charge on any atom is -0.484 e. The average molecular weight is 326 g/mol. The molecule has 23 heavy (non-hydrogen) atoms. The highest BCUT2D eigenvalue weighted by atomic mass is 19.4. The van der Waals surface area contributed by atoms with E-state index >= 15 is 0 Å². The van der Waals surface area contributed by atoms with Gasteiger partial charge in [0, 0.05) is 11.9 Å². The van der Waals surface area contributed by atoms with Crippen molar-refractivity contribution in [3.8, 4) is 5.75 Å². The predicted octanol–water partition coefficient (Wildman–Crippen LogP) is 2.77. The van der Waals surface area contributed by atoms with Gasteiger partial charge in [-0.15, -0.1) is 0 Å². The molecule has 122 valence electrons. The summed E-state index contributed by atoms with van der Waals surface area (Å²) in [6, 6.07) is 8.54. The first-order valence-corrected chi connectivity index (χ1v) is 6.54. The molecule has 1 aromatic carbocycles. The van der Waals surface area contributed by atoms with Crippen LogP contribution in [0.2, 0.25) is 0 Å². The van der Waals surface area contributed by atoms with Crippen LogP contribution in [0.4, 0.5) is 18.9 Å². The van der Waals surface area contributed by atoms with E-state index in [1.165, 1.54) is 42.6 Å². The molecule has 2 rings (SSSR count). The fourth-order valence-electron chi connectivity index (χ4n) is 1.66. The van der Waals surface area contributed by atoms with Crippen molar-refractivity contribution in [1.82, 2.24) is 4.98 Å². The van der Waals surface area contributed by atoms with Crippen LogP contribution in [0.1, 0.15) is 16.1 Å². The molecule has 1 amide bonds. The van der Waals surface area contributed by atoms with Crippen LogP contribution in [0.15, 0.2) is 42.6 Å². The average Bonchev–Trinajstić information content (AvgIpc) is 2.53. The maximum Gasteiger partial charge on any atom is 0.422 e. The number of ether oxygens (including phenoxy) is 1. The summed E-state index contributed by atoms with van der Waals surface area (Å²) in [4.78, 5) is 15.8. The maximum absolute atomic E-state index is 12.0. The molecule has 0 saturated heterocycles. The Bertz CT molecular complexity index is 655. The fourth-order valence-corrected chi connectivity index (χ4v) is 1.66. The van der Waals surface area contributed by atoms with Crippen LogP contribution in [-0.2, 0) is 6.61 Å². The molecule has 0 aliphatic heterocycles. The third kappa shape index (κ3) is 5.26. The number of nitrogens with one attached hydrogen (secondary N) is 1. The number of hydrogen-bond acceptors (Lipinski definition) is 4. The number of carbonyl (C=O) groups is 1. The lowest BCUT2D eigenvalue weighted by molar-refractivity contribution is -0.153. The third-order valence-corrected chi connectivity index (χ3v) is 2.76. The molecular formula is C15H13F3N2O3. The van der Waals surface area contributed by atoms with E-state index in [0.717, 1.165) is 0 Å². The molecule has 0 spiro atoms. The Hall–Kier alpha value is -2.61. The van der Waals surface area contributed by atoms with E-state index in [4.69, 9.17) is 5.11 Å². The number of carbonyl (C=O) groups excluding carboxylic acids is 1. The molecule has 5 nitrogen and oxygen atoms in total. The van der Waals surface area contributed by atoms with Gasteiger partial charge in [-0.1, -0.05) is 0 Å². The lowest BCUT2D eigenvalue weighted by Gasteiger charge is -2.10. The first-order chi connectivity index (χ1) is 10.9. The highest BCUT2D eigenvalue weighted by Crippen LogP contribution is 2.20. The van der Waals surface area contributed by atoms with Crippen molar-refractivity contribution in [3.63, 3.8) is 0 Å². The molecule has 0 saturated carbocycles. The van der Waals surface area contributed by atoms with Crippen LogP contribution in [0.3, 0.4) is 0 Å². The van der Waals surface area contributed by atoms with Crippen LogP contribution in [0.25, 0.3) is 0 Å². The first-order valence-electron chi connectivity index (χ1n) is 6.54. The van der Waals surface area contributed by atoms with Crippen molar-refractivity contribution >= 4 is 11.6 Å². The molecule has 2 aromatic rings. The Kier molecular flexibility index (Phi) is 5.17.